The minimum Gasteiger partial charge on any atom is -0.484 e. The van der Waals surface area contributed by atoms with Gasteiger partial charge in [-0.25, -0.2) is 0 Å². The van der Waals surface area contributed by atoms with E-state index in [1.165, 1.54) is 4.90 Å². The normalized spacial score (nSPS) is 11.7. The van der Waals surface area contributed by atoms with Crippen LogP contribution in [0.25, 0.3) is 0 Å². The minimum absolute atomic E-state index is 0.0922. The van der Waals surface area contributed by atoms with E-state index < -0.39 is 6.04 Å². The molecule has 3 aromatic carbocycles. The van der Waals surface area contributed by atoms with Crippen LogP contribution in [0.3, 0.4) is 0 Å². The van der Waals surface area contributed by atoms with Crippen LogP contribution in [-0.4, -0.2) is 35.4 Å². The van der Waals surface area contributed by atoms with Gasteiger partial charge in [-0.2, -0.15) is 0 Å². The van der Waals surface area contributed by atoms with Crippen LogP contribution in [-0.2, 0) is 22.6 Å². The monoisotopic (exact) mass is 532 g/mol. The summed E-state index contributed by atoms with van der Waals surface area (Å²) in [6.07, 6.45) is 0.337. The zero-order valence-corrected chi connectivity index (χ0v) is 21.8. The predicted octanol–water partition coefficient (Wildman–Crippen LogP) is 6.19. The van der Waals surface area contributed by atoms with E-state index >= 15 is 0 Å². The molecule has 0 aromatic heterocycles. The summed E-state index contributed by atoms with van der Waals surface area (Å²) in [5.74, 6) is -0.137. The van der Waals surface area contributed by atoms with Gasteiger partial charge in [-0.3, -0.25) is 9.59 Å². The fraction of sp³-hybridized carbons (Fsp3) is 0.259. The number of carbonyl (C=O) groups is 2. The predicted molar refractivity (Wildman–Crippen MR) is 141 cm³/mol. The molecule has 1 N–H and O–H groups in total. The van der Waals surface area contributed by atoms with E-state index in [1.54, 1.807) is 42.5 Å². The maximum atomic E-state index is 13.5. The Bertz CT molecular complexity index is 1160. The van der Waals surface area contributed by atoms with Crippen molar-refractivity contribution in [1.82, 2.24) is 10.2 Å². The molecule has 0 radical (unpaired) electrons. The lowest BCUT2D eigenvalue weighted by Gasteiger charge is -2.32. The van der Waals surface area contributed by atoms with Gasteiger partial charge in [0.15, 0.2) is 6.61 Å². The summed E-state index contributed by atoms with van der Waals surface area (Å²) in [5.41, 5.74) is 1.67. The molecule has 3 aromatic rings. The fourth-order valence-electron chi connectivity index (χ4n) is 3.55. The number of rotatable bonds is 10. The van der Waals surface area contributed by atoms with Crippen molar-refractivity contribution in [3.05, 3.63) is 99.0 Å². The zero-order chi connectivity index (χ0) is 25.4. The van der Waals surface area contributed by atoms with Crippen LogP contribution in [0.5, 0.6) is 5.75 Å². The van der Waals surface area contributed by atoms with Crippen LogP contribution < -0.4 is 10.1 Å². The van der Waals surface area contributed by atoms with Gasteiger partial charge in [0, 0.05) is 24.0 Å². The van der Waals surface area contributed by atoms with Gasteiger partial charge in [0.25, 0.3) is 5.91 Å². The van der Waals surface area contributed by atoms with Crippen molar-refractivity contribution < 1.29 is 14.3 Å². The maximum absolute atomic E-state index is 13.5. The highest BCUT2D eigenvalue weighted by molar-refractivity contribution is 6.42. The van der Waals surface area contributed by atoms with Gasteiger partial charge in [-0.15, -0.1) is 0 Å². The molecular formula is C27H27Cl3N2O3. The number of halogens is 3. The van der Waals surface area contributed by atoms with Crippen molar-refractivity contribution >= 4 is 46.6 Å². The van der Waals surface area contributed by atoms with E-state index in [4.69, 9.17) is 39.5 Å². The Balaban J connectivity index is 1.93. The number of nitrogens with one attached hydrogen (secondary N) is 1. The Hall–Kier alpha value is -2.73. The van der Waals surface area contributed by atoms with Crippen LogP contribution in [0.2, 0.25) is 15.1 Å². The van der Waals surface area contributed by atoms with Crippen molar-refractivity contribution in [2.24, 2.45) is 0 Å². The Morgan fingerprint density at radius 2 is 1.63 bits per heavy atom. The molecule has 0 fully saturated rings. The Morgan fingerprint density at radius 1 is 0.886 bits per heavy atom. The molecular weight excluding hydrogens is 507 g/mol. The summed E-state index contributed by atoms with van der Waals surface area (Å²) in [4.78, 5) is 28.4. The summed E-state index contributed by atoms with van der Waals surface area (Å²) >= 11 is 18.3. The molecule has 0 saturated carbocycles. The number of hydrogen-bond donors (Lipinski definition) is 1. The van der Waals surface area contributed by atoms with E-state index in [-0.39, 0.29) is 31.0 Å². The third-order valence-electron chi connectivity index (χ3n) is 5.20. The highest BCUT2D eigenvalue weighted by Gasteiger charge is 2.31. The van der Waals surface area contributed by atoms with Crippen LogP contribution in [0.4, 0.5) is 0 Å². The van der Waals surface area contributed by atoms with E-state index in [0.717, 1.165) is 11.1 Å². The Kier molecular flexibility index (Phi) is 9.84. The fourth-order valence-corrected chi connectivity index (χ4v) is 4.06. The second-order valence-corrected chi connectivity index (χ2v) is 9.64. The van der Waals surface area contributed by atoms with Crippen molar-refractivity contribution in [2.45, 2.75) is 38.9 Å². The summed E-state index contributed by atoms with van der Waals surface area (Å²) in [6, 6.07) is 20.7. The first-order valence-corrected chi connectivity index (χ1v) is 12.3. The van der Waals surface area contributed by atoms with Gasteiger partial charge in [0.05, 0.1) is 10.0 Å². The Morgan fingerprint density at radius 3 is 2.29 bits per heavy atom. The van der Waals surface area contributed by atoms with E-state index in [0.29, 0.717) is 27.2 Å². The first-order chi connectivity index (χ1) is 16.7. The summed E-state index contributed by atoms with van der Waals surface area (Å²) in [7, 11) is 0. The third kappa shape index (κ3) is 8.17. The molecule has 0 heterocycles. The molecule has 0 aliphatic rings. The lowest BCUT2D eigenvalue weighted by Crippen LogP contribution is -2.52. The highest BCUT2D eigenvalue weighted by Crippen LogP contribution is 2.25. The average molecular weight is 534 g/mol. The first-order valence-electron chi connectivity index (χ1n) is 11.2. The summed E-state index contributed by atoms with van der Waals surface area (Å²) in [5, 5.41) is 4.23. The molecule has 0 bridgehead atoms. The molecule has 1 unspecified atom stereocenters. The number of nitrogens with zero attached hydrogens (tertiary/aromatic N) is 1. The standard InChI is InChI=1S/C27H27Cl3N2O3/c1-18(2)31-27(34)25(14-19-7-4-3-5-8-19)32(16-20-11-12-23(29)24(30)13-20)26(33)17-35-22-10-6-9-21(28)15-22/h3-13,15,18,25H,14,16-17H2,1-2H3,(H,31,34). The van der Waals surface area contributed by atoms with Crippen molar-refractivity contribution in [3.63, 3.8) is 0 Å². The van der Waals surface area contributed by atoms with Gasteiger partial charge in [0.2, 0.25) is 5.91 Å². The molecule has 8 heteroatoms. The van der Waals surface area contributed by atoms with E-state index in [2.05, 4.69) is 5.32 Å². The number of hydrogen-bond acceptors (Lipinski definition) is 3. The maximum Gasteiger partial charge on any atom is 0.261 e. The highest BCUT2D eigenvalue weighted by atomic mass is 35.5. The van der Waals surface area contributed by atoms with Crippen molar-refractivity contribution in [1.29, 1.82) is 0 Å². The van der Waals surface area contributed by atoms with Gasteiger partial charge in [0.1, 0.15) is 11.8 Å². The molecule has 35 heavy (non-hydrogen) atoms. The van der Waals surface area contributed by atoms with Crippen molar-refractivity contribution in [2.75, 3.05) is 6.61 Å². The summed E-state index contributed by atoms with van der Waals surface area (Å²) in [6.45, 7) is 3.65. The number of amides is 2. The van der Waals surface area contributed by atoms with Gasteiger partial charge >= 0.3 is 0 Å². The molecule has 0 saturated heterocycles. The first kappa shape index (κ1) is 26.9. The minimum atomic E-state index is -0.773. The number of ether oxygens (including phenoxy) is 1. The lowest BCUT2D eigenvalue weighted by molar-refractivity contribution is -0.143. The molecule has 184 valence electrons. The Labute approximate surface area is 220 Å². The van der Waals surface area contributed by atoms with Crippen LogP contribution in [0, 0.1) is 0 Å². The van der Waals surface area contributed by atoms with E-state index in [1.807, 2.05) is 44.2 Å². The second-order valence-electron chi connectivity index (χ2n) is 8.38. The molecule has 2 amide bonds. The smallest absolute Gasteiger partial charge is 0.261 e. The molecule has 0 aliphatic carbocycles. The van der Waals surface area contributed by atoms with Gasteiger partial charge in [-0.05, 0) is 55.3 Å². The topological polar surface area (TPSA) is 58.6 Å². The largest absolute Gasteiger partial charge is 0.484 e. The van der Waals surface area contributed by atoms with Gasteiger partial charge in [-0.1, -0.05) is 77.3 Å². The molecule has 5 nitrogen and oxygen atoms in total. The molecule has 0 aliphatic heterocycles. The van der Waals surface area contributed by atoms with Crippen LogP contribution in [0.15, 0.2) is 72.8 Å². The molecule has 0 spiro atoms. The van der Waals surface area contributed by atoms with Crippen LogP contribution >= 0.6 is 34.8 Å². The second kappa shape index (κ2) is 12.8. The quantitative estimate of drug-likeness (QED) is 0.338. The number of carbonyl (C=O) groups excluding carboxylic acids is 2. The van der Waals surface area contributed by atoms with Crippen LogP contribution in [0.1, 0.15) is 25.0 Å². The molecule has 3 rings (SSSR count). The third-order valence-corrected chi connectivity index (χ3v) is 6.17. The van der Waals surface area contributed by atoms with Crippen molar-refractivity contribution in [3.8, 4) is 5.75 Å². The lowest BCUT2D eigenvalue weighted by atomic mass is 10.0. The summed E-state index contributed by atoms with van der Waals surface area (Å²) < 4.78 is 5.72. The van der Waals surface area contributed by atoms with E-state index in [9.17, 15) is 9.59 Å². The van der Waals surface area contributed by atoms with Gasteiger partial charge < -0.3 is 15.0 Å². The molecule has 1 atom stereocenters. The number of benzene rings is 3. The SMILES string of the molecule is CC(C)NC(=O)C(Cc1ccccc1)N(Cc1ccc(Cl)c(Cl)c1)C(=O)COc1cccc(Cl)c1. The average Bonchev–Trinajstić information content (AvgIpc) is 2.82. The zero-order valence-electron chi connectivity index (χ0n) is 19.5.